The van der Waals surface area contributed by atoms with Gasteiger partial charge in [-0.2, -0.15) is 0 Å². The number of esters is 1. The minimum absolute atomic E-state index is 0.194. The van der Waals surface area contributed by atoms with Gasteiger partial charge >= 0.3 is 5.97 Å². The largest absolute Gasteiger partial charge is 0.453 e. The van der Waals surface area contributed by atoms with Crippen LogP contribution in [0.5, 0.6) is 0 Å². The Bertz CT molecular complexity index is 1060. The highest BCUT2D eigenvalue weighted by Crippen LogP contribution is 2.21. The number of pyridine rings is 1. The van der Waals surface area contributed by atoms with Crippen LogP contribution in [-0.4, -0.2) is 40.6 Å². The van der Waals surface area contributed by atoms with Crippen LogP contribution in [0.1, 0.15) is 45.1 Å². The molecule has 3 heterocycles. The van der Waals surface area contributed by atoms with Crippen LogP contribution in [0, 0.1) is 13.8 Å². The summed E-state index contributed by atoms with van der Waals surface area (Å²) in [5.74, 6) is -0.817. The van der Waals surface area contributed by atoms with E-state index in [4.69, 9.17) is 9.47 Å². The summed E-state index contributed by atoms with van der Waals surface area (Å²) in [5.41, 5.74) is 3.37. The maximum Gasteiger partial charge on any atom is 0.357 e. The summed E-state index contributed by atoms with van der Waals surface area (Å²) in [6, 6.07) is 12.8. The second kappa shape index (κ2) is 8.17. The van der Waals surface area contributed by atoms with Gasteiger partial charge in [-0.3, -0.25) is 4.79 Å². The molecule has 0 aliphatic carbocycles. The normalized spacial score (nSPS) is 16.3. The van der Waals surface area contributed by atoms with Crippen molar-refractivity contribution < 1.29 is 19.1 Å². The topological polar surface area (TPSA) is 70.4 Å². The second-order valence-electron chi connectivity index (χ2n) is 7.42. The van der Waals surface area contributed by atoms with E-state index in [1.807, 2.05) is 50.2 Å². The molecule has 1 aliphatic heterocycles. The standard InChI is InChI=1S/C23H24N2O4/c1-15-12-19(16(2)25(15)13-18-7-5-11-28-18)22(26)14-29-23(27)21-10-9-17-6-3-4-8-20(17)24-21/h3-4,6,8-10,12,18H,5,7,11,13-14H2,1-2H3. The number of hydrogen-bond donors (Lipinski definition) is 0. The molecule has 0 N–H and O–H groups in total. The Morgan fingerprint density at radius 1 is 1.21 bits per heavy atom. The molecule has 0 radical (unpaired) electrons. The van der Waals surface area contributed by atoms with Gasteiger partial charge in [0.2, 0.25) is 5.78 Å². The first-order valence-electron chi connectivity index (χ1n) is 9.87. The lowest BCUT2D eigenvalue weighted by Crippen LogP contribution is -2.18. The van der Waals surface area contributed by atoms with E-state index < -0.39 is 5.97 Å². The van der Waals surface area contributed by atoms with Gasteiger partial charge in [0.25, 0.3) is 0 Å². The van der Waals surface area contributed by atoms with Gasteiger partial charge in [0.1, 0.15) is 5.69 Å². The van der Waals surface area contributed by atoms with Gasteiger partial charge in [0.15, 0.2) is 6.61 Å². The van der Waals surface area contributed by atoms with Gasteiger partial charge in [-0.05, 0) is 44.9 Å². The Morgan fingerprint density at radius 3 is 2.83 bits per heavy atom. The third kappa shape index (κ3) is 4.07. The fourth-order valence-corrected chi connectivity index (χ4v) is 3.82. The highest BCUT2D eigenvalue weighted by molar-refractivity contribution is 6.00. The second-order valence-corrected chi connectivity index (χ2v) is 7.42. The van der Waals surface area contributed by atoms with Crippen molar-refractivity contribution in [3.05, 3.63) is 65.1 Å². The summed E-state index contributed by atoms with van der Waals surface area (Å²) >= 11 is 0. The zero-order valence-corrected chi connectivity index (χ0v) is 16.7. The Morgan fingerprint density at radius 2 is 2.03 bits per heavy atom. The number of hydrogen-bond acceptors (Lipinski definition) is 5. The number of aryl methyl sites for hydroxylation is 1. The van der Waals surface area contributed by atoms with Crippen molar-refractivity contribution in [1.82, 2.24) is 9.55 Å². The van der Waals surface area contributed by atoms with E-state index >= 15 is 0 Å². The number of Topliss-reactive ketones (excluding diaryl/α,β-unsaturated/α-hetero) is 1. The fourth-order valence-electron chi connectivity index (χ4n) is 3.82. The molecule has 1 saturated heterocycles. The van der Waals surface area contributed by atoms with Gasteiger partial charge in [0, 0.05) is 35.5 Å². The minimum Gasteiger partial charge on any atom is -0.453 e. The number of aromatic nitrogens is 2. The summed E-state index contributed by atoms with van der Waals surface area (Å²) in [6.07, 6.45) is 2.31. The highest BCUT2D eigenvalue weighted by Gasteiger charge is 2.22. The van der Waals surface area contributed by atoms with Gasteiger partial charge in [-0.15, -0.1) is 0 Å². The molecule has 6 nitrogen and oxygen atoms in total. The molecule has 1 aromatic carbocycles. The molecule has 6 heteroatoms. The molecule has 29 heavy (non-hydrogen) atoms. The summed E-state index contributed by atoms with van der Waals surface area (Å²) < 4.78 is 13.1. The SMILES string of the molecule is Cc1cc(C(=O)COC(=O)c2ccc3ccccc3n2)c(C)n1CC1CCCO1. The van der Waals surface area contributed by atoms with Gasteiger partial charge in [-0.1, -0.05) is 24.3 Å². The number of carbonyl (C=O) groups is 2. The molecule has 1 atom stereocenters. The number of fused-ring (bicyclic) bond motifs is 1. The van der Waals surface area contributed by atoms with Crippen LogP contribution in [0.25, 0.3) is 10.9 Å². The van der Waals surface area contributed by atoms with Crippen LogP contribution in [0.2, 0.25) is 0 Å². The number of nitrogens with zero attached hydrogens (tertiary/aromatic N) is 2. The molecule has 0 spiro atoms. The highest BCUT2D eigenvalue weighted by atomic mass is 16.5. The van der Waals surface area contributed by atoms with Crippen molar-refractivity contribution in [2.24, 2.45) is 0 Å². The molecule has 150 valence electrons. The van der Waals surface area contributed by atoms with E-state index in [9.17, 15) is 9.59 Å². The van der Waals surface area contributed by atoms with Gasteiger partial charge in [0.05, 0.1) is 11.6 Å². The third-order valence-corrected chi connectivity index (χ3v) is 5.43. The number of rotatable bonds is 6. The predicted octanol–water partition coefficient (Wildman–Crippen LogP) is 3.87. The van der Waals surface area contributed by atoms with Gasteiger partial charge in [-0.25, -0.2) is 9.78 Å². The molecule has 3 aromatic rings. The Labute approximate surface area is 169 Å². The number of ether oxygens (including phenoxy) is 2. The van der Waals surface area contributed by atoms with Crippen LogP contribution in [0.3, 0.4) is 0 Å². The molecule has 1 unspecified atom stereocenters. The van der Waals surface area contributed by atoms with E-state index in [0.29, 0.717) is 11.1 Å². The number of carbonyl (C=O) groups excluding carboxylic acids is 2. The van der Waals surface area contributed by atoms with Crippen molar-refractivity contribution in [2.75, 3.05) is 13.2 Å². The zero-order valence-electron chi connectivity index (χ0n) is 16.7. The molecular weight excluding hydrogens is 368 g/mol. The molecule has 1 aliphatic rings. The maximum atomic E-state index is 12.7. The smallest absolute Gasteiger partial charge is 0.357 e. The van der Waals surface area contributed by atoms with Crippen LogP contribution >= 0.6 is 0 Å². The number of para-hydroxylation sites is 1. The summed E-state index contributed by atoms with van der Waals surface area (Å²) in [5, 5.41) is 0.943. The van der Waals surface area contributed by atoms with Gasteiger partial charge < -0.3 is 14.0 Å². The lowest BCUT2D eigenvalue weighted by atomic mass is 10.1. The molecular formula is C23H24N2O4. The molecule has 1 fully saturated rings. The van der Waals surface area contributed by atoms with Crippen molar-refractivity contribution in [3.8, 4) is 0 Å². The number of ketones is 1. The average Bonchev–Trinajstić information content (AvgIpc) is 3.35. The first-order valence-corrected chi connectivity index (χ1v) is 9.87. The van der Waals surface area contributed by atoms with E-state index in [1.54, 1.807) is 6.07 Å². The predicted molar refractivity (Wildman–Crippen MR) is 109 cm³/mol. The molecule has 2 aromatic heterocycles. The first-order chi connectivity index (χ1) is 14.0. The van der Waals surface area contributed by atoms with Crippen molar-refractivity contribution in [3.63, 3.8) is 0 Å². The van der Waals surface area contributed by atoms with Crippen molar-refractivity contribution >= 4 is 22.7 Å². The summed E-state index contributed by atoms with van der Waals surface area (Å²) in [7, 11) is 0. The van der Waals surface area contributed by atoms with E-state index in [1.165, 1.54) is 0 Å². The Balaban J connectivity index is 1.43. The molecule has 0 amide bonds. The lowest BCUT2D eigenvalue weighted by Gasteiger charge is -2.14. The van der Waals surface area contributed by atoms with Crippen LogP contribution in [-0.2, 0) is 16.0 Å². The Kier molecular flexibility index (Phi) is 5.45. The third-order valence-electron chi connectivity index (χ3n) is 5.43. The van der Waals surface area contributed by atoms with Crippen molar-refractivity contribution in [2.45, 2.75) is 39.3 Å². The van der Waals surface area contributed by atoms with E-state index in [0.717, 1.165) is 42.8 Å². The van der Waals surface area contributed by atoms with Crippen LogP contribution in [0.4, 0.5) is 0 Å². The minimum atomic E-state index is -0.600. The zero-order chi connectivity index (χ0) is 20.4. The fraction of sp³-hybridized carbons (Fsp3) is 0.348. The average molecular weight is 392 g/mol. The quantitative estimate of drug-likeness (QED) is 0.470. The molecule has 4 rings (SSSR count). The Hall–Kier alpha value is -2.99. The number of benzene rings is 1. The van der Waals surface area contributed by atoms with Crippen LogP contribution < -0.4 is 0 Å². The molecule has 0 bridgehead atoms. The van der Waals surface area contributed by atoms with Crippen LogP contribution in [0.15, 0.2) is 42.5 Å². The van der Waals surface area contributed by atoms with E-state index in [2.05, 4.69) is 9.55 Å². The summed E-state index contributed by atoms with van der Waals surface area (Å²) in [6.45, 7) is 5.13. The summed E-state index contributed by atoms with van der Waals surface area (Å²) in [4.78, 5) is 29.3. The maximum absolute atomic E-state index is 12.7. The monoisotopic (exact) mass is 392 g/mol. The van der Waals surface area contributed by atoms with E-state index in [-0.39, 0.29) is 24.2 Å². The molecule has 0 saturated carbocycles. The lowest BCUT2D eigenvalue weighted by molar-refractivity contribution is 0.0469. The first kappa shape index (κ1) is 19.3. The van der Waals surface area contributed by atoms with Crippen molar-refractivity contribution in [1.29, 1.82) is 0 Å².